The molecule has 1 heterocycles. The summed E-state index contributed by atoms with van der Waals surface area (Å²) in [6, 6.07) is 25.9. The molecule has 0 atom stereocenters. The highest BCUT2D eigenvalue weighted by atomic mass is 16.4. The Morgan fingerprint density at radius 2 is 1.64 bits per heavy atom. The lowest BCUT2D eigenvalue weighted by atomic mass is 10.1. The van der Waals surface area contributed by atoms with Gasteiger partial charge in [0, 0.05) is 17.1 Å². The van der Waals surface area contributed by atoms with Gasteiger partial charge in [-0.1, -0.05) is 60.7 Å². The Hall–Kier alpha value is -3.92. The Kier molecular flexibility index (Phi) is 4.85. The number of anilines is 1. The van der Waals surface area contributed by atoms with Gasteiger partial charge in [0.2, 0.25) is 5.91 Å². The van der Waals surface area contributed by atoms with Crippen LogP contribution in [0, 0.1) is 0 Å². The van der Waals surface area contributed by atoms with E-state index in [0.717, 1.165) is 10.9 Å². The molecule has 3 aromatic carbocycles. The monoisotopic (exact) mass is 367 g/mol. The van der Waals surface area contributed by atoms with Crippen molar-refractivity contribution in [2.24, 2.45) is 0 Å². The molecule has 0 fully saturated rings. The minimum atomic E-state index is -0.411. The molecule has 0 unspecified atom stereocenters. The average Bonchev–Trinajstić information content (AvgIpc) is 2.73. The van der Waals surface area contributed by atoms with Crippen molar-refractivity contribution >= 4 is 28.6 Å². The standard InChI is InChI=1S/C24H17NO3/c26-23(14-13-17-7-2-1-3-8-17)25-20-11-6-10-18(15-20)21-16-19-9-4-5-12-22(19)28-24(21)27/h1-16H,(H,25,26)/b14-13+. The zero-order valence-corrected chi connectivity index (χ0v) is 15.0. The van der Waals surface area contributed by atoms with Crippen molar-refractivity contribution in [2.75, 3.05) is 5.32 Å². The van der Waals surface area contributed by atoms with Gasteiger partial charge >= 0.3 is 5.63 Å². The molecule has 0 aliphatic carbocycles. The van der Waals surface area contributed by atoms with Crippen molar-refractivity contribution in [2.45, 2.75) is 0 Å². The van der Waals surface area contributed by atoms with Crippen LogP contribution in [0.1, 0.15) is 5.56 Å². The van der Waals surface area contributed by atoms with Gasteiger partial charge in [0.1, 0.15) is 5.58 Å². The summed E-state index contributed by atoms with van der Waals surface area (Å²) in [5.74, 6) is -0.244. The molecule has 0 bridgehead atoms. The van der Waals surface area contributed by atoms with Crippen LogP contribution in [-0.2, 0) is 4.79 Å². The summed E-state index contributed by atoms with van der Waals surface area (Å²) < 4.78 is 5.40. The quantitative estimate of drug-likeness (QED) is 0.403. The molecule has 1 aromatic heterocycles. The van der Waals surface area contributed by atoms with E-state index in [1.165, 1.54) is 6.08 Å². The number of hydrogen-bond donors (Lipinski definition) is 1. The fourth-order valence-corrected chi connectivity index (χ4v) is 2.95. The third kappa shape index (κ3) is 3.91. The Balaban J connectivity index is 1.58. The predicted octanol–water partition coefficient (Wildman–Crippen LogP) is 5.11. The molecule has 28 heavy (non-hydrogen) atoms. The van der Waals surface area contributed by atoms with Crippen molar-refractivity contribution in [3.63, 3.8) is 0 Å². The summed E-state index contributed by atoms with van der Waals surface area (Å²) in [7, 11) is 0. The number of fused-ring (bicyclic) bond motifs is 1. The molecule has 4 nitrogen and oxygen atoms in total. The predicted molar refractivity (Wildman–Crippen MR) is 112 cm³/mol. The van der Waals surface area contributed by atoms with Crippen LogP contribution in [0.2, 0.25) is 0 Å². The van der Waals surface area contributed by atoms with Gasteiger partial charge in [0.15, 0.2) is 0 Å². The molecule has 0 radical (unpaired) electrons. The summed E-state index contributed by atoms with van der Waals surface area (Å²) in [6.07, 6.45) is 3.23. The molecular weight excluding hydrogens is 350 g/mol. The van der Waals surface area contributed by atoms with E-state index in [0.29, 0.717) is 22.4 Å². The van der Waals surface area contributed by atoms with Crippen LogP contribution in [0.5, 0.6) is 0 Å². The van der Waals surface area contributed by atoms with E-state index in [1.807, 2.05) is 54.6 Å². The van der Waals surface area contributed by atoms with E-state index in [2.05, 4.69) is 5.32 Å². The number of para-hydroxylation sites is 1. The van der Waals surface area contributed by atoms with E-state index >= 15 is 0 Å². The lowest BCUT2D eigenvalue weighted by Gasteiger charge is -2.06. The number of hydrogen-bond acceptors (Lipinski definition) is 3. The topological polar surface area (TPSA) is 59.3 Å². The number of rotatable bonds is 4. The van der Waals surface area contributed by atoms with Crippen molar-refractivity contribution < 1.29 is 9.21 Å². The largest absolute Gasteiger partial charge is 0.422 e. The third-order valence-electron chi connectivity index (χ3n) is 4.31. The Bertz CT molecular complexity index is 1220. The summed E-state index contributed by atoms with van der Waals surface area (Å²) in [6.45, 7) is 0. The van der Waals surface area contributed by atoms with Gasteiger partial charge in [-0.05, 0) is 41.5 Å². The van der Waals surface area contributed by atoms with Crippen LogP contribution in [0.15, 0.2) is 100 Å². The van der Waals surface area contributed by atoms with Gasteiger partial charge in [0.25, 0.3) is 0 Å². The molecule has 4 rings (SSSR count). The normalized spacial score (nSPS) is 11.0. The molecule has 0 saturated heterocycles. The maximum absolute atomic E-state index is 12.4. The van der Waals surface area contributed by atoms with E-state index in [9.17, 15) is 9.59 Å². The first-order chi connectivity index (χ1) is 13.7. The minimum absolute atomic E-state index is 0.244. The van der Waals surface area contributed by atoms with Gasteiger partial charge in [-0.2, -0.15) is 0 Å². The zero-order chi connectivity index (χ0) is 19.3. The number of benzene rings is 3. The van der Waals surface area contributed by atoms with Gasteiger partial charge in [-0.25, -0.2) is 4.79 Å². The summed E-state index contributed by atoms with van der Waals surface area (Å²) in [4.78, 5) is 24.6. The molecule has 0 spiro atoms. The van der Waals surface area contributed by atoms with E-state index < -0.39 is 5.63 Å². The third-order valence-corrected chi connectivity index (χ3v) is 4.31. The first-order valence-electron chi connectivity index (χ1n) is 8.86. The van der Waals surface area contributed by atoms with Gasteiger partial charge < -0.3 is 9.73 Å². The first kappa shape index (κ1) is 17.5. The first-order valence-corrected chi connectivity index (χ1v) is 8.86. The summed E-state index contributed by atoms with van der Waals surface area (Å²) in [5, 5.41) is 3.67. The van der Waals surface area contributed by atoms with Crippen molar-refractivity contribution in [3.05, 3.63) is 107 Å². The lowest BCUT2D eigenvalue weighted by Crippen LogP contribution is -2.08. The minimum Gasteiger partial charge on any atom is -0.422 e. The summed E-state index contributed by atoms with van der Waals surface area (Å²) >= 11 is 0. The fourth-order valence-electron chi connectivity index (χ4n) is 2.95. The maximum Gasteiger partial charge on any atom is 0.344 e. The molecule has 4 heteroatoms. The Morgan fingerprint density at radius 3 is 2.50 bits per heavy atom. The van der Waals surface area contributed by atoms with Crippen molar-refractivity contribution in [3.8, 4) is 11.1 Å². The zero-order valence-electron chi connectivity index (χ0n) is 15.0. The van der Waals surface area contributed by atoms with Gasteiger partial charge in [-0.15, -0.1) is 0 Å². The van der Waals surface area contributed by atoms with Gasteiger partial charge in [-0.3, -0.25) is 4.79 Å². The highest BCUT2D eigenvalue weighted by Gasteiger charge is 2.09. The highest BCUT2D eigenvalue weighted by molar-refractivity contribution is 6.02. The lowest BCUT2D eigenvalue weighted by molar-refractivity contribution is -0.111. The molecule has 1 N–H and O–H groups in total. The molecule has 0 aliphatic heterocycles. The smallest absolute Gasteiger partial charge is 0.344 e. The van der Waals surface area contributed by atoms with Crippen molar-refractivity contribution in [1.29, 1.82) is 0 Å². The summed E-state index contributed by atoms with van der Waals surface area (Å²) in [5.41, 5.74) is 2.82. The second-order valence-electron chi connectivity index (χ2n) is 6.30. The van der Waals surface area contributed by atoms with Crippen LogP contribution in [-0.4, -0.2) is 5.91 Å². The molecular formula is C24H17NO3. The molecule has 0 saturated carbocycles. The van der Waals surface area contributed by atoms with Gasteiger partial charge in [0.05, 0.1) is 5.56 Å². The van der Waals surface area contributed by atoms with Crippen LogP contribution in [0.4, 0.5) is 5.69 Å². The van der Waals surface area contributed by atoms with E-state index in [4.69, 9.17) is 4.42 Å². The Morgan fingerprint density at radius 1 is 0.857 bits per heavy atom. The SMILES string of the molecule is O=C(/C=C/c1ccccc1)Nc1cccc(-c2cc3ccccc3oc2=O)c1. The van der Waals surface area contributed by atoms with E-state index in [1.54, 1.807) is 36.4 Å². The maximum atomic E-state index is 12.4. The highest BCUT2D eigenvalue weighted by Crippen LogP contribution is 2.23. The second-order valence-corrected chi connectivity index (χ2v) is 6.30. The second kappa shape index (κ2) is 7.76. The Labute approximate surface area is 161 Å². The average molecular weight is 367 g/mol. The molecule has 0 aliphatic rings. The fraction of sp³-hybridized carbons (Fsp3) is 0. The molecule has 136 valence electrons. The number of amides is 1. The molecule has 1 amide bonds. The van der Waals surface area contributed by atoms with E-state index in [-0.39, 0.29) is 5.91 Å². The molecule has 4 aromatic rings. The van der Waals surface area contributed by atoms with Crippen LogP contribution < -0.4 is 10.9 Å². The number of carbonyl (C=O) groups excluding carboxylic acids is 1. The van der Waals surface area contributed by atoms with Crippen molar-refractivity contribution in [1.82, 2.24) is 0 Å². The number of nitrogens with one attached hydrogen (secondary N) is 1. The number of carbonyl (C=O) groups is 1. The van der Waals surface area contributed by atoms with Crippen LogP contribution >= 0.6 is 0 Å². The van der Waals surface area contributed by atoms with Crippen LogP contribution in [0.3, 0.4) is 0 Å². The van der Waals surface area contributed by atoms with Crippen LogP contribution in [0.25, 0.3) is 28.2 Å².